The van der Waals surface area contributed by atoms with E-state index in [0.717, 1.165) is 44.0 Å². The summed E-state index contributed by atoms with van der Waals surface area (Å²) in [7, 11) is 0. The summed E-state index contributed by atoms with van der Waals surface area (Å²) in [6.07, 6.45) is 0. The van der Waals surface area contributed by atoms with E-state index >= 15 is 0 Å². The van der Waals surface area contributed by atoms with Crippen LogP contribution < -0.4 is 5.32 Å². The van der Waals surface area contributed by atoms with E-state index in [1.807, 2.05) is 18.2 Å². The second-order valence-electron chi connectivity index (χ2n) is 7.40. The quantitative estimate of drug-likeness (QED) is 0.618. The number of ether oxygens (including phenoxy) is 1. The molecule has 31 heavy (non-hydrogen) atoms. The van der Waals surface area contributed by atoms with Gasteiger partial charge in [0.25, 0.3) is 5.91 Å². The lowest BCUT2D eigenvalue weighted by Crippen LogP contribution is -2.36. The van der Waals surface area contributed by atoms with Crippen molar-refractivity contribution >= 4 is 17.5 Å². The van der Waals surface area contributed by atoms with Gasteiger partial charge in [-0.05, 0) is 30.2 Å². The molecule has 1 fully saturated rings. The third-order valence-corrected chi connectivity index (χ3v) is 5.66. The van der Waals surface area contributed by atoms with E-state index < -0.39 is 11.7 Å². The molecular formula is C23H23ClFN3O3. The predicted octanol–water partition coefficient (Wildman–Crippen LogP) is 4.20. The zero-order valence-electron chi connectivity index (χ0n) is 17.2. The third kappa shape index (κ3) is 4.79. The first kappa shape index (κ1) is 21.5. The van der Waals surface area contributed by atoms with Gasteiger partial charge >= 0.3 is 0 Å². The lowest BCUT2D eigenvalue weighted by molar-refractivity contribution is 0.0340. The lowest BCUT2D eigenvalue weighted by Gasteiger charge is -2.27. The molecule has 0 aliphatic carbocycles. The lowest BCUT2D eigenvalue weighted by atomic mass is 10.0. The number of hydrogen-bond donors (Lipinski definition) is 1. The number of morpholine rings is 1. The molecule has 0 saturated carbocycles. The monoisotopic (exact) mass is 443 g/mol. The molecule has 1 aliphatic rings. The standard InChI is InChI=1S/C23H23ClFN3O3/c1-15-20(22(27-31-15)21-18(24)7-4-8-19(21)25)23(29)26-13-16-5-2-3-6-17(16)14-28-9-11-30-12-10-28/h2-8H,9-14H2,1H3,(H,26,29). The molecule has 0 bridgehead atoms. The largest absolute Gasteiger partial charge is 0.379 e. The summed E-state index contributed by atoms with van der Waals surface area (Å²) in [5.74, 6) is -0.659. The van der Waals surface area contributed by atoms with Gasteiger partial charge in [0.05, 0.1) is 23.8 Å². The van der Waals surface area contributed by atoms with Crippen LogP contribution in [0.1, 0.15) is 27.2 Å². The number of aryl methyl sites for hydroxylation is 1. The van der Waals surface area contributed by atoms with Crippen molar-refractivity contribution in [3.63, 3.8) is 0 Å². The molecule has 4 rings (SSSR count). The number of carbonyl (C=O) groups is 1. The maximum absolute atomic E-state index is 14.4. The van der Waals surface area contributed by atoms with Crippen molar-refractivity contribution in [3.05, 3.63) is 75.8 Å². The van der Waals surface area contributed by atoms with E-state index in [-0.39, 0.29) is 21.8 Å². The second kappa shape index (κ2) is 9.60. The Morgan fingerprint density at radius 3 is 2.65 bits per heavy atom. The normalized spacial score (nSPS) is 14.5. The van der Waals surface area contributed by atoms with E-state index in [2.05, 4.69) is 21.4 Å². The summed E-state index contributed by atoms with van der Waals surface area (Å²) in [6.45, 7) is 5.96. The molecule has 2 heterocycles. The van der Waals surface area contributed by atoms with Crippen LogP contribution in [-0.4, -0.2) is 42.3 Å². The number of amides is 1. The van der Waals surface area contributed by atoms with Gasteiger partial charge in [-0.3, -0.25) is 9.69 Å². The first-order valence-corrected chi connectivity index (χ1v) is 10.5. The highest BCUT2D eigenvalue weighted by atomic mass is 35.5. The molecule has 1 N–H and O–H groups in total. The Labute approximate surface area is 184 Å². The molecule has 0 atom stereocenters. The SMILES string of the molecule is Cc1onc(-c2c(F)cccc2Cl)c1C(=O)NCc1ccccc1CN1CCOCC1. The van der Waals surface area contributed by atoms with Crippen LogP contribution in [0.25, 0.3) is 11.3 Å². The zero-order valence-corrected chi connectivity index (χ0v) is 17.9. The molecule has 0 radical (unpaired) electrons. The Bertz CT molecular complexity index is 1060. The van der Waals surface area contributed by atoms with Crippen LogP contribution in [0.15, 0.2) is 47.0 Å². The van der Waals surface area contributed by atoms with Gasteiger partial charge in [0, 0.05) is 26.2 Å². The highest BCUT2D eigenvalue weighted by Gasteiger charge is 2.25. The summed E-state index contributed by atoms with van der Waals surface area (Å²) >= 11 is 6.17. The van der Waals surface area contributed by atoms with Crippen LogP contribution in [0.3, 0.4) is 0 Å². The maximum atomic E-state index is 14.4. The first-order valence-electron chi connectivity index (χ1n) is 10.1. The average Bonchev–Trinajstić information content (AvgIpc) is 3.14. The minimum absolute atomic E-state index is 0.0545. The summed E-state index contributed by atoms with van der Waals surface area (Å²) in [5, 5.41) is 6.99. The fraction of sp³-hybridized carbons (Fsp3) is 0.304. The highest BCUT2D eigenvalue weighted by molar-refractivity contribution is 6.33. The fourth-order valence-electron chi connectivity index (χ4n) is 3.68. The minimum Gasteiger partial charge on any atom is -0.379 e. The van der Waals surface area contributed by atoms with Gasteiger partial charge in [0.1, 0.15) is 22.8 Å². The topological polar surface area (TPSA) is 67.6 Å². The van der Waals surface area contributed by atoms with E-state index in [1.165, 1.54) is 12.1 Å². The molecule has 0 spiro atoms. The van der Waals surface area contributed by atoms with Crippen molar-refractivity contribution in [1.29, 1.82) is 0 Å². The number of aromatic nitrogens is 1. The molecule has 1 saturated heterocycles. The van der Waals surface area contributed by atoms with Crippen molar-refractivity contribution in [3.8, 4) is 11.3 Å². The van der Waals surface area contributed by atoms with Gasteiger partial charge in [-0.15, -0.1) is 0 Å². The third-order valence-electron chi connectivity index (χ3n) is 5.34. The Hall–Kier alpha value is -2.74. The van der Waals surface area contributed by atoms with Gasteiger partial charge in [-0.2, -0.15) is 0 Å². The number of hydrogen-bond acceptors (Lipinski definition) is 5. The molecule has 2 aromatic carbocycles. The molecule has 3 aromatic rings. The molecule has 0 unspecified atom stereocenters. The number of halogens is 2. The van der Waals surface area contributed by atoms with Crippen molar-refractivity contribution in [2.75, 3.05) is 26.3 Å². The van der Waals surface area contributed by atoms with Gasteiger partial charge in [0.15, 0.2) is 0 Å². The van der Waals surface area contributed by atoms with Gasteiger partial charge in [-0.25, -0.2) is 4.39 Å². The second-order valence-corrected chi connectivity index (χ2v) is 7.81. The van der Waals surface area contributed by atoms with Crippen LogP contribution in [-0.2, 0) is 17.8 Å². The molecule has 6 nitrogen and oxygen atoms in total. The number of nitrogens with zero attached hydrogens (tertiary/aromatic N) is 2. The maximum Gasteiger partial charge on any atom is 0.257 e. The Morgan fingerprint density at radius 1 is 1.16 bits per heavy atom. The summed E-state index contributed by atoms with van der Waals surface area (Å²) in [6, 6.07) is 12.3. The molecule has 1 aromatic heterocycles. The Morgan fingerprint density at radius 2 is 1.90 bits per heavy atom. The van der Waals surface area contributed by atoms with Crippen LogP contribution in [0.4, 0.5) is 4.39 Å². The average molecular weight is 444 g/mol. The van der Waals surface area contributed by atoms with Crippen molar-refractivity contribution < 1.29 is 18.4 Å². The number of rotatable bonds is 6. The van der Waals surface area contributed by atoms with Crippen molar-refractivity contribution in [2.45, 2.75) is 20.0 Å². The predicted molar refractivity (Wildman–Crippen MR) is 115 cm³/mol. The van der Waals surface area contributed by atoms with E-state index in [4.69, 9.17) is 20.9 Å². The van der Waals surface area contributed by atoms with Gasteiger partial charge < -0.3 is 14.6 Å². The number of benzene rings is 2. The minimum atomic E-state index is -0.564. The Balaban J connectivity index is 1.53. The highest BCUT2D eigenvalue weighted by Crippen LogP contribution is 2.33. The summed E-state index contributed by atoms with van der Waals surface area (Å²) in [4.78, 5) is 15.3. The van der Waals surface area contributed by atoms with E-state index in [1.54, 1.807) is 13.0 Å². The summed E-state index contributed by atoms with van der Waals surface area (Å²) in [5.41, 5.74) is 2.49. The molecule has 1 amide bonds. The number of carbonyl (C=O) groups excluding carboxylic acids is 1. The smallest absolute Gasteiger partial charge is 0.257 e. The molecular weight excluding hydrogens is 421 g/mol. The van der Waals surface area contributed by atoms with Crippen LogP contribution >= 0.6 is 11.6 Å². The Kier molecular flexibility index (Phi) is 6.65. The van der Waals surface area contributed by atoms with Crippen LogP contribution in [0.5, 0.6) is 0 Å². The van der Waals surface area contributed by atoms with Crippen LogP contribution in [0, 0.1) is 12.7 Å². The summed E-state index contributed by atoms with van der Waals surface area (Å²) < 4.78 is 25.0. The first-order chi connectivity index (χ1) is 15.0. The molecule has 8 heteroatoms. The van der Waals surface area contributed by atoms with Gasteiger partial charge in [-0.1, -0.05) is 47.1 Å². The van der Waals surface area contributed by atoms with E-state index in [9.17, 15) is 9.18 Å². The van der Waals surface area contributed by atoms with Gasteiger partial charge in [0.2, 0.25) is 0 Å². The number of nitrogens with one attached hydrogen (secondary N) is 1. The van der Waals surface area contributed by atoms with E-state index in [0.29, 0.717) is 12.3 Å². The molecule has 162 valence electrons. The fourth-order valence-corrected chi connectivity index (χ4v) is 3.94. The van der Waals surface area contributed by atoms with Crippen molar-refractivity contribution in [2.24, 2.45) is 0 Å². The van der Waals surface area contributed by atoms with Crippen molar-refractivity contribution in [1.82, 2.24) is 15.4 Å². The molecule has 1 aliphatic heterocycles. The van der Waals surface area contributed by atoms with Crippen LogP contribution in [0.2, 0.25) is 5.02 Å². The zero-order chi connectivity index (χ0) is 21.8.